The van der Waals surface area contributed by atoms with Gasteiger partial charge in [0.2, 0.25) is 0 Å². The van der Waals surface area contributed by atoms with Gasteiger partial charge in [-0.2, -0.15) is 0 Å². The van der Waals surface area contributed by atoms with Gasteiger partial charge in [0.15, 0.2) is 5.96 Å². The lowest BCUT2D eigenvalue weighted by Gasteiger charge is -2.32. The van der Waals surface area contributed by atoms with Crippen molar-refractivity contribution in [3.63, 3.8) is 0 Å². The summed E-state index contributed by atoms with van der Waals surface area (Å²) in [7, 11) is 1.76. The van der Waals surface area contributed by atoms with Crippen LogP contribution in [0, 0.1) is 13.8 Å². The first-order chi connectivity index (χ1) is 11.6. The van der Waals surface area contributed by atoms with E-state index in [4.69, 9.17) is 9.73 Å². The molecule has 1 fully saturated rings. The van der Waals surface area contributed by atoms with Crippen molar-refractivity contribution in [1.82, 2.24) is 20.5 Å². The molecule has 0 bridgehead atoms. The molecular formula is C17H31N5OS. The van der Waals surface area contributed by atoms with E-state index in [1.807, 2.05) is 6.92 Å². The summed E-state index contributed by atoms with van der Waals surface area (Å²) in [6, 6.07) is 0.492. The van der Waals surface area contributed by atoms with Crippen molar-refractivity contribution >= 4 is 17.3 Å². The van der Waals surface area contributed by atoms with E-state index in [-0.39, 0.29) is 0 Å². The van der Waals surface area contributed by atoms with Crippen molar-refractivity contribution in [3.8, 4) is 0 Å². The smallest absolute Gasteiger partial charge is 0.191 e. The number of aliphatic imine (C=N–C) groups is 1. The lowest BCUT2D eigenvalue weighted by atomic mass is 10.1. The van der Waals surface area contributed by atoms with Gasteiger partial charge in [-0.1, -0.05) is 0 Å². The molecular weight excluding hydrogens is 322 g/mol. The van der Waals surface area contributed by atoms with Crippen molar-refractivity contribution in [2.75, 3.05) is 39.9 Å². The van der Waals surface area contributed by atoms with Gasteiger partial charge in [0.1, 0.15) is 0 Å². The second-order valence-electron chi connectivity index (χ2n) is 6.19. The Kier molecular flexibility index (Phi) is 7.94. The van der Waals surface area contributed by atoms with Gasteiger partial charge in [0.05, 0.1) is 23.9 Å². The Bertz CT molecular complexity index is 523. The first-order valence-electron chi connectivity index (χ1n) is 8.81. The van der Waals surface area contributed by atoms with Crippen LogP contribution in [0.2, 0.25) is 0 Å². The van der Waals surface area contributed by atoms with Gasteiger partial charge in [-0.25, -0.2) is 9.98 Å². The van der Waals surface area contributed by atoms with Gasteiger partial charge in [-0.05, 0) is 33.6 Å². The summed E-state index contributed by atoms with van der Waals surface area (Å²) in [6.45, 7) is 11.9. The Morgan fingerprint density at radius 1 is 1.38 bits per heavy atom. The van der Waals surface area contributed by atoms with Gasteiger partial charge < -0.3 is 20.3 Å². The summed E-state index contributed by atoms with van der Waals surface area (Å²) in [4.78, 5) is 12.9. The maximum absolute atomic E-state index is 5.16. The van der Waals surface area contributed by atoms with E-state index in [0.29, 0.717) is 12.6 Å². The molecule has 0 aromatic carbocycles. The van der Waals surface area contributed by atoms with Crippen LogP contribution in [0.3, 0.4) is 0 Å². The fraction of sp³-hybridized carbons (Fsp3) is 0.765. The molecule has 2 heterocycles. The van der Waals surface area contributed by atoms with Crippen molar-refractivity contribution < 1.29 is 4.74 Å². The number of methoxy groups -OCH3 is 1. The summed E-state index contributed by atoms with van der Waals surface area (Å²) in [5, 5.41) is 8.07. The minimum Gasteiger partial charge on any atom is -0.383 e. The first kappa shape index (κ1) is 19.1. The number of ether oxygens (including phenoxy) is 1. The molecule has 7 heteroatoms. The summed E-state index contributed by atoms with van der Waals surface area (Å²) >= 11 is 1.74. The van der Waals surface area contributed by atoms with Crippen LogP contribution < -0.4 is 10.6 Å². The Morgan fingerprint density at radius 2 is 2.12 bits per heavy atom. The number of piperidine rings is 1. The van der Waals surface area contributed by atoms with Crippen LogP contribution in [0.5, 0.6) is 0 Å². The molecule has 1 aliphatic heterocycles. The van der Waals surface area contributed by atoms with E-state index < -0.39 is 0 Å². The normalized spacial score (nSPS) is 17.2. The van der Waals surface area contributed by atoms with Crippen molar-refractivity contribution in [2.45, 2.75) is 46.2 Å². The maximum atomic E-state index is 5.16. The number of hydrogen-bond donors (Lipinski definition) is 2. The highest BCUT2D eigenvalue weighted by Crippen LogP contribution is 2.18. The average Bonchev–Trinajstić information content (AvgIpc) is 2.90. The monoisotopic (exact) mass is 353 g/mol. The molecule has 24 heavy (non-hydrogen) atoms. The number of aryl methyl sites for hydroxylation is 2. The highest BCUT2D eigenvalue weighted by Gasteiger charge is 2.19. The summed E-state index contributed by atoms with van der Waals surface area (Å²) in [5.41, 5.74) is 1.10. The quantitative estimate of drug-likeness (QED) is 0.579. The minimum atomic E-state index is 0.492. The van der Waals surface area contributed by atoms with E-state index in [2.05, 4.69) is 34.4 Å². The van der Waals surface area contributed by atoms with Crippen LogP contribution in [-0.4, -0.2) is 61.8 Å². The zero-order chi connectivity index (χ0) is 17.4. The number of aromatic nitrogens is 1. The molecule has 1 aromatic rings. The molecule has 1 saturated heterocycles. The molecule has 6 nitrogen and oxygen atoms in total. The molecule has 2 N–H and O–H groups in total. The van der Waals surface area contributed by atoms with E-state index in [1.165, 1.54) is 4.88 Å². The van der Waals surface area contributed by atoms with E-state index in [9.17, 15) is 0 Å². The molecule has 0 unspecified atom stereocenters. The van der Waals surface area contributed by atoms with Gasteiger partial charge in [0, 0.05) is 44.2 Å². The average molecular weight is 354 g/mol. The molecule has 0 aliphatic carbocycles. The maximum Gasteiger partial charge on any atom is 0.191 e. The minimum absolute atomic E-state index is 0.492. The molecule has 0 spiro atoms. The second kappa shape index (κ2) is 9.96. The third-order valence-electron chi connectivity index (χ3n) is 4.26. The predicted molar refractivity (Wildman–Crippen MR) is 101 cm³/mol. The largest absolute Gasteiger partial charge is 0.383 e. The third-order valence-corrected chi connectivity index (χ3v) is 5.32. The van der Waals surface area contributed by atoms with Gasteiger partial charge in [-0.3, -0.25) is 0 Å². The lowest BCUT2D eigenvalue weighted by Crippen LogP contribution is -2.49. The van der Waals surface area contributed by atoms with Crippen LogP contribution in [-0.2, 0) is 11.3 Å². The molecule has 1 aromatic heterocycles. The zero-order valence-corrected chi connectivity index (χ0v) is 16.2. The van der Waals surface area contributed by atoms with Crippen LogP contribution in [0.1, 0.15) is 35.3 Å². The number of hydrogen-bond acceptors (Lipinski definition) is 5. The molecule has 2 rings (SSSR count). The SMILES string of the molecule is CCNC(=NCc1sc(C)nc1C)NC1CCN(CCOC)CC1. The summed E-state index contributed by atoms with van der Waals surface area (Å²) < 4.78 is 5.16. The van der Waals surface area contributed by atoms with Crippen LogP contribution in [0.4, 0.5) is 0 Å². The Balaban J connectivity index is 1.85. The van der Waals surface area contributed by atoms with E-state index in [1.54, 1.807) is 18.4 Å². The number of rotatable bonds is 7. The highest BCUT2D eigenvalue weighted by atomic mass is 32.1. The van der Waals surface area contributed by atoms with Crippen LogP contribution >= 0.6 is 11.3 Å². The molecule has 0 atom stereocenters. The van der Waals surface area contributed by atoms with Crippen LogP contribution in [0.25, 0.3) is 0 Å². The molecule has 0 amide bonds. The fourth-order valence-corrected chi connectivity index (χ4v) is 3.77. The van der Waals surface area contributed by atoms with Crippen molar-refractivity contribution in [2.24, 2.45) is 4.99 Å². The molecule has 1 aliphatic rings. The molecule has 136 valence electrons. The van der Waals surface area contributed by atoms with Gasteiger partial charge in [0.25, 0.3) is 0 Å². The second-order valence-corrected chi connectivity index (χ2v) is 7.48. The molecule has 0 radical (unpaired) electrons. The fourth-order valence-electron chi connectivity index (χ4n) is 2.91. The topological polar surface area (TPSA) is 61.8 Å². The number of thiazole rings is 1. The van der Waals surface area contributed by atoms with Gasteiger partial charge >= 0.3 is 0 Å². The Hall–Kier alpha value is -1.18. The standard InChI is InChI=1S/C17H31N5OS/c1-5-18-17(19-12-16-13(2)20-14(3)24-16)21-15-6-8-22(9-7-15)10-11-23-4/h15H,5-12H2,1-4H3,(H2,18,19,21). The first-order valence-corrected chi connectivity index (χ1v) is 9.63. The van der Waals surface area contributed by atoms with Crippen molar-refractivity contribution in [1.29, 1.82) is 0 Å². The molecule has 0 saturated carbocycles. The van der Waals surface area contributed by atoms with Crippen molar-refractivity contribution in [3.05, 3.63) is 15.6 Å². The highest BCUT2D eigenvalue weighted by molar-refractivity contribution is 7.11. The van der Waals surface area contributed by atoms with Gasteiger partial charge in [-0.15, -0.1) is 11.3 Å². The summed E-state index contributed by atoms with van der Waals surface area (Å²) in [6.07, 6.45) is 2.29. The zero-order valence-electron chi connectivity index (χ0n) is 15.4. The third kappa shape index (κ3) is 6.03. The number of likely N-dealkylation sites (tertiary alicyclic amines) is 1. The predicted octanol–water partition coefficient (Wildman–Crippen LogP) is 1.93. The summed E-state index contributed by atoms with van der Waals surface area (Å²) in [5.74, 6) is 0.915. The number of nitrogens with one attached hydrogen (secondary N) is 2. The number of guanidine groups is 1. The Morgan fingerprint density at radius 3 is 2.71 bits per heavy atom. The lowest BCUT2D eigenvalue weighted by molar-refractivity contribution is 0.128. The van der Waals surface area contributed by atoms with Crippen LogP contribution in [0.15, 0.2) is 4.99 Å². The van der Waals surface area contributed by atoms with E-state index >= 15 is 0 Å². The Labute approximate surface area is 149 Å². The van der Waals surface area contributed by atoms with E-state index in [0.717, 1.165) is 62.3 Å². The number of nitrogens with zero attached hydrogens (tertiary/aromatic N) is 3.